The molecule has 152 valence electrons. The van der Waals surface area contributed by atoms with Crippen molar-refractivity contribution in [2.45, 2.75) is 40.7 Å². The maximum atomic E-state index is 6.28. The van der Waals surface area contributed by atoms with Gasteiger partial charge in [0.1, 0.15) is 0 Å². The zero-order valence-corrected chi connectivity index (χ0v) is 19.3. The first-order chi connectivity index (χ1) is 13.7. The van der Waals surface area contributed by atoms with Gasteiger partial charge in [0.25, 0.3) is 0 Å². The van der Waals surface area contributed by atoms with E-state index in [0.29, 0.717) is 20.9 Å². The molecule has 0 amide bonds. The topological polar surface area (TPSA) is 46.5 Å². The number of aromatic nitrogens is 1. The Labute approximate surface area is 185 Å². The molecule has 4 nitrogen and oxygen atoms in total. The van der Waals surface area contributed by atoms with Gasteiger partial charge in [-0.3, -0.25) is 5.43 Å². The van der Waals surface area contributed by atoms with E-state index in [9.17, 15) is 0 Å². The fourth-order valence-corrected chi connectivity index (χ4v) is 4.43. The number of nitrogens with zero attached hydrogens (tertiary/aromatic N) is 2. The van der Waals surface area contributed by atoms with Gasteiger partial charge >= 0.3 is 0 Å². The van der Waals surface area contributed by atoms with Crippen LogP contribution < -0.4 is 10.2 Å². The molecule has 7 heteroatoms. The largest absolute Gasteiger partial charge is 0.488 e. The van der Waals surface area contributed by atoms with Crippen molar-refractivity contribution in [2.24, 2.45) is 5.10 Å². The van der Waals surface area contributed by atoms with Gasteiger partial charge in [0.2, 0.25) is 5.13 Å². The minimum Gasteiger partial charge on any atom is -0.488 e. The van der Waals surface area contributed by atoms with Crippen molar-refractivity contribution in [2.75, 3.05) is 5.43 Å². The number of halogens is 2. The van der Waals surface area contributed by atoms with Crippen molar-refractivity contribution < 1.29 is 4.74 Å². The van der Waals surface area contributed by atoms with Gasteiger partial charge in [-0.05, 0) is 63.4 Å². The first-order valence-electron chi connectivity index (χ1n) is 9.23. The molecule has 3 aromatic rings. The van der Waals surface area contributed by atoms with E-state index in [1.165, 1.54) is 33.6 Å². The van der Waals surface area contributed by atoms with Gasteiger partial charge in [-0.1, -0.05) is 40.9 Å². The van der Waals surface area contributed by atoms with Crippen LogP contribution in [0, 0.1) is 20.8 Å². The zero-order chi connectivity index (χ0) is 21.1. The number of benzene rings is 2. The number of aryl methyl sites for hydroxylation is 3. The molecule has 2 aromatic carbocycles. The molecule has 0 fully saturated rings. The van der Waals surface area contributed by atoms with Gasteiger partial charge in [0.15, 0.2) is 5.75 Å². The number of hydrogen-bond acceptors (Lipinski definition) is 5. The Balaban J connectivity index is 1.74. The molecule has 0 unspecified atom stereocenters. The van der Waals surface area contributed by atoms with Crippen LogP contribution in [0.25, 0.3) is 11.3 Å². The molecule has 1 heterocycles. The predicted molar refractivity (Wildman–Crippen MR) is 125 cm³/mol. The highest BCUT2D eigenvalue weighted by Crippen LogP contribution is 2.35. The van der Waals surface area contributed by atoms with Crippen LogP contribution in [0.15, 0.2) is 34.7 Å². The second-order valence-electron chi connectivity index (χ2n) is 7.16. The molecule has 0 saturated carbocycles. The average molecular weight is 448 g/mol. The van der Waals surface area contributed by atoms with E-state index in [-0.39, 0.29) is 6.10 Å². The molecule has 0 atom stereocenters. The third kappa shape index (κ3) is 5.30. The van der Waals surface area contributed by atoms with Crippen LogP contribution in [0.3, 0.4) is 0 Å². The second kappa shape index (κ2) is 9.16. The minimum atomic E-state index is -0.00825. The molecule has 0 bridgehead atoms. The Kier molecular flexibility index (Phi) is 6.83. The summed E-state index contributed by atoms with van der Waals surface area (Å²) in [6.07, 6.45) is 1.64. The molecule has 0 radical (unpaired) electrons. The molecule has 3 rings (SSSR count). The molecule has 1 aromatic heterocycles. The standard InChI is InChI=1S/C22H23Cl2N3OS/c1-12(2)28-21-17(23)8-16(9-18(21)24)10-25-27-22-26-19(11-29-22)20-14(4)6-13(3)7-15(20)5/h6-12H,1-5H3,(H,26,27)/b25-10-. The van der Waals surface area contributed by atoms with E-state index < -0.39 is 0 Å². The Hall–Kier alpha value is -2.08. The maximum Gasteiger partial charge on any atom is 0.203 e. The third-order valence-corrected chi connectivity index (χ3v) is 5.49. The van der Waals surface area contributed by atoms with Crippen molar-refractivity contribution in [1.29, 1.82) is 0 Å². The summed E-state index contributed by atoms with van der Waals surface area (Å²) in [5, 5.41) is 7.92. The average Bonchev–Trinajstić information content (AvgIpc) is 3.05. The van der Waals surface area contributed by atoms with E-state index in [1.54, 1.807) is 18.3 Å². The summed E-state index contributed by atoms with van der Waals surface area (Å²) < 4.78 is 5.64. The van der Waals surface area contributed by atoms with Crippen LogP contribution in [0.5, 0.6) is 5.75 Å². The van der Waals surface area contributed by atoms with Crippen LogP contribution in [-0.2, 0) is 0 Å². The fourth-order valence-electron chi connectivity index (χ4n) is 3.19. The normalized spacial score (nSPS) is 11.4. The monoisotopic (exact) mass is 447 g/mol. The lowest BCUT2D eigenvalue weighted by Crippen LogP contribution is -2.06. The summed E-state index contributed by atoms with van der Waals surface area (Å²) in [6, 6.07) is 7.88. The molecule has 1 N–H and O–H groups in total. The van der Waals surface area contributed by atoms with Crippen molar-refractivity contribution in [3.63, 3.8) is 0 Å². The lowest BCUT2D eigenvalue weighted by molar-refractivity contribution is 0.243. The van der Waals surface area contributed by atoms with E-state index >= 15 is 0 Å². The van der Waals surface area contributed by atoms with Crippen LogP contribution in [0.2, 0.25) is 10.0 Å². The fraction of sp³-hybridized carbons (Fsp3) is 0.273. The molecule has 0 aliphatic rings. The minimum absolute atomic E-state index is 0.00825. The zero-order valence-electron chi connectivity index (χ0n) is 17.0. The Bertz CT molecular complexity index is 1010. The van der Waals surface area contributed by atoms with Crippen molar-refractivity contribution >= 4 is 45.9 Å². The summed E-state index contributed by atoms with van der Waals surface area (Å²) in [6.45, 7) is 10.2. The van der Waals surface area contributed by atoms with Gasteiger partial charge in [0.05, 0.1) is 28.1 Å². The first kappa shape index (κ1) is 21.6. The maximum absolute atomic E-state index is 6.28. The van der Waals surface area contributed by atoms with E-state index in [4.69, 9.17) is 27.9 Å². The van der Waals surface area contributed by atoms with Gasteiger partial charge in [-0.25, -0.2) is 4.98 Å². The number of hydrogen-bond donors (Lipinski definition) is 1. The summed E-state index contributed by atoms with van der Waals surface area (Å²) in [7, 11) is 0. The van der Waals surface area contributed by atoms with Crippen molar-refractivity contribution in [1.82, 2.24) is 4.98 Å². The van der Waals surface area contributed by atoms with Crippen LogP contribution in [-0.4, -0.2) is 17.3 Å². The molecule has 0 aliphatic carbocycles. The van der Waals surface area contributed by atoms with Gasteiger partial charge < -0.3 is 4.74 Å². The van der Waals surface area contributed by atoms with E-state index in [2.05, 4.69) is 48.4 Å². The number of ether oxygens (including phenoxy) is 1. The Morgan fingerprint density at radius 2 is 1.69 bits per heavy atom. The van der Waals surface area contributed by atoms with Gasteiger partial charge in [0, 0.05) is 10.9 Å². The van der Waals surface area contributed by atoms with Gasteiger partial charge in [-0.15, -0.1) is 11.3 Å². The molecule has 29 heavy (non-hydrogen) atoms. The third-order valence-electron chi connectivity index (χ3n) is 4.19. The van der Waals surface area contributed by atoms with Crippen molar-refractivity contribution in [3.8, 4) is 17.0 Å². The predicted octanol–water partition coefficient (Wildman–Crippen LogP) is 7.28. The number of hydrazone groups is 1. The van der Waals surface area contributed by atoms with Crippen LogP contribution in [0.4, 0.5) is 5.13 Å². The summed E-state index contributed by atoms with van der Waals surface area (Å²) in [5.74, 6) is 0.488. The lowest BCUT2D eigenvalue weighted by atomic mass is 9.98. The highest BCUT2D eigenvalue weighted by Gasteiger charge is 2.12. The second-order valence-corrected chi connectivity index (χ2v) is 8.83. The lowest BCUT2D eigenvalue weighted by Gasteiger charge is -2.13. The quantitative estimate of drug-likeness (QED) is 0.319. The first-order valence-corrected chi connectivity index (χ1v) is 10.9. The smallest absolute Gasteiger partial charge is 0.203 e. The van der Waals surface area contributed by atoms with Crippen LogP contribution >= 0.6 is 34.5 Å². The molecular formula is C22H23Cl2N3OS. The Morgan fingerprint density at radius 3 is 2.28 bits per heavy atom. The molecule has 0 saturated heterocycles. The molecule has 0 aliphatic heterocycles. The number of anilines is 1. The van der Waals surface area contributed by atoms with Crippen LogP contribution in [0.1, 0.15) is 36.1 Å². The summed E-state index contributed by atoms with van der Waals surface area (Å²) in [4.78, 5) is 4.67. The number of nitrogens with one attached hydrogen (secondary N) is 1. The highest BCUT2D eigenvalue weighted by molar-refractivity contribution is 7.14. The number of rotatable bonds is 6. The summed E-state index contributed by atoms with van der Waals surface area (Å²) in [5.41, 5.74) is 9.56. The SMILES string of the molecule is Cc1cc(C)c(-c2csc(N/N=C\c3cc(Cl)c(OC(C)C)c(Cl)c3)n2)c(C)c1. The highest BCUT2D eigenvalue weighted by atomic mass is 35.5. The summed E-state index contributed by atoms with van der Waals surface area (Å²) >= 11 is 14.1. The molecule has 0 spiro atoms. The van der Waals surface area contributed by atoms with E-state index in [1.807, 2.05) is 19.2 Å². The van der Waals surface area contributed by atoms with E-state index in [0.717, 1.165) is 11.3 Å². The molecular weight excluding hydrogens is 425 g/mol. The Morgan fingerprint density at radius 1 is 1.07 bits per heavy atom. The van der Waals surface area contributed by atoms with Crippen molar-refractivity contribution in [3.05, 3.63) is 61.9 Å². The number of thiazole rings is 1. The van der Waals surface area contributed by atoms with Gasteiger partial charge in [-0.2, -0.15) is 5.10 Å².